The number of aromatic nitrogens is 2. The van der Waals surface area contributed by atoms with Crippen LogP contribution >= 0.6 is 0 Å². The molecule has 1 aromatic heterocycles. The molecule has 158 valence electrons. The summed E-state index contributed by atoms with van der Waals surface area (Å²) in [5.74, 6) is -0.356. The highest BCUT2D eigenvalue weighted by molar-refractivity contribution is 6.09. The average Bonchev–Trinajstić information content (AvgIpc) is 2.95. The number of hydrogen-bond acceptors (Lipinski definition) is 5. The number of carbonyl (C=O) groups is 3. The molecule has 1 spiro atoms. The molecule has 2 N–H and O–H groups in total. The van der Waals surface area contributed by atoms with Gasteiger partial charge in [0.25, 0.3) is 11.5 Å². The lowest BCUT2D eigenvalue weighted by Crippen LogP contribution is -2.54. The second-order valence-corrected chi connectivity index (χ2v) is 8.22. The molecule has 2 heterocycles. The summed E-state index contributed by atoms with van der Waals surface area (Å²) in [7, 11) is 1.55. The summed E-state index contributed by atoms with van der Waals surface area (Å²) in [6.45, 7) is 1.69. The smallest absolute Gasteiger partial charge is 0.325 e. The number of fused-ring (bicyclic) bond motifs is 1. The summed E-state index contributed by atoms with van der Waals surface area (Å²) in [6, 6.07) is 6.43. The van der Waals surface area contributed by atoms with Gasteiger partial charge in [-0.25, -0.2) is 9.78 Å². The van der Waals surface area contributed by atoms with Crippen molar-refractivity contribution >= 4 is 28.7 Å². The third-order valence-electron chi connectivity index (χ3n) is 6.27. The van der Waals surface area contributed by atoms with Crippen LogP contribution in [-0.4, -0.2) is 56.7 Å². The van der Waals surface area contributed by atoms with Crippen LogP contribution in [-0.2, 0) is 16.1 Å². The highest BCUT2D eigenvalue weighted by atomic mass is 16.2. The number of nitrogens with one attached hydrogen (secondary N) is 2. The molecular formula is C21H25N5O4. The predicted molar refractivity (Wildman–Crippen MR) is 109 cm³/mol. The molecule has 9 nitrogen and oxygen atoms in total. The topological polar surface area (TPSA) is 115 Å². The van der Waals surface area contributed by atoms with Gasteiger partial charge < -0.3 is 15.2 Å². The van der Waals surface area contributed by atoms with Gasteiger partial charge in [0.1, 0.15) is 17.9 Å². The minimum atomic E-state index is -0.890. The number of urea groups is 1. The summed E-state index contributed by atoms with van der Waals surface area (Å²) in [4.78, 5) is 59.9. The van der Waals surface area contributed by atoms with Gasteiger partial charge in [-0.05, 0) is 30.9 Å². The van der Waals surface area contributed by atoms with Gasteiger partial charge in [0.2, 0.25) is 5.91 Å². The lowest BCUT2D eigenvalue weighted by Gasteiger charge is -2.36. The van der Waals surface area contributed by atoms with Gasteiger partial charge in [0.15, 0.2) is 0 Å². The van der Waals surface area contributed by atoms with E-state index in [0.717, 1.165) is 24.2 Å². The zero-order chi connectivity index (χ0) is 21.5. The van der Waals surface area contributed by atoms with E-state index in [4.69, 9.17) is 0 Å². The number of aromatic amines is 1. The van der Waals surface area contributed by atoms with Crippen molar-refractivity contribution in [2.24, 2.45) is 5.92 Å². The molecule has 0 unspecified atom stereocenters. The van der Waals surface area contributed by atoms with Crippen molar-refractivity contribution in [2.75, 3.05) is 13.6 Å². The second kappa shape index (κ2) is 7.55. The van der Waals surface area contributed by atoms with Crippen LogP contribution in [0, 0.1) is 5.92 Å². The summed E-state index contributed by atoms with van der Waals surface area (Å²) in [5, 5.41) is 3.32. The Bertz CT molecular complexity index is 1080. The van der Waals surface area contributed by atoms with Crippen LogP contribution in [0.4, 0.5) is 4.79 Å². The molecule has 2 fully saturated rings. The van der Waals surface area contributed by atoms with Crippen molar-refractivity contribution in [3.8, 4) is 0 Å². The predicted octanol–water partition coefficient (Wildman–Crippen LogP) is 1.38. The Labute approximate surface area is 173 Å². The molecule has 1 aromatic carbocycles. The Morgan fingerprint density at radius 2 is 2.03 bits per heavy atom. The van der Waals surface area contributed by atoms with Crippen molar-refractivity contribution in [1.82, 2.24) is 25.1 Å². The van der Waals surface area contributed by atoms with Crippen LogP contribution < -0.4 is 10.9 Å². The fourth-order valence-corrected chi connectivity index (χ4v) is 4.42. The number of rotatable bonds is 4. The summed E-state index contributed by atoms with van der Waals surface area (Å²) < 4.78 is 0. The first-order valence-corrected chi connectivity index (χ1v) is 10.2. The maximum atomic E-state index is 13.0. The van der Waals surface area contributed by atoms with E-state index in [1.165, 1.54) is 4.90 Å². The van der Waals surface area contributed by atoms with E-state index in [1.54, 1.807) is 31.3 Å². The van der Waals surface area contributed by atoms with Crippen molar-refractivity contribution in [3.05, 3.63) is 40.4 Å². The van der Waals surface area contributed by atoms with Gasteiger partial charge in [0, 0.05) is 7.05 Å². The third-order valence-corrected chi connectivity index (χ3v) is 6.27. The number of para-hydroxylation sites is 1. The van der Waals surface area contributed by atoms with Gasteiger partial charge in [-0.2, -0.15) is 0 Å². The molecule has 2 aromatic rings. The van der Waals surface area contributed by atoms with Gasteiger partial charge in [-0.1, -0.05) is 31.9 Å². The van der Waals surface area contributed by atoms with Crippen LogP contribution in [0.15, 0.2) is 29.1 Å². The van der Waals surface area contributed by atoms with Crippen molar-refractivity contribution in [3.63, 3.8) is 0 Å². The van der Waals surface area contributed by atoms with Gasteiger partial charge in [-0.3, -0.25) is 19.3 Å². The normalized spacial score (nSPS) is 23.8. The first-order chi connectivity index (χ1) is 14.3. The zero-order valence-corrected chi connectivity index (χ0v) is 17.1. The standard InChI is InChI=1S/C21H25N5O4/c1-13-7-5-6-10-21(13)19(29)26(20(30)24-21)12-17(27)25(2)11-16-22-15-9-4-3-8-14(15)18(28)23-16/h3-4,8-9,13H,5-7,10-12H2,1-2H3,(H,24,30)(H,22,23,28)/t13-,21-/m0/s1. The van der Waals surface area contributed by atoms with Crippen molar-refractivity contribution in [2.45, 2.75) is 44.7 Å². The number of nitrogens with zero attached hydrogens (tertiary/aromatic N) is 3. The molecule has 4 amide bonds. The van der Waals surface area contributed by atoms with Crippen LogP contribution in [0.2, 0.25) is 0 Å². The van der Waals surface area contributed by atoms with Crippen LogP contribution in [0.3, 0.4) is 0 Å². The highest BCUT2D eigenvalue weighted by Gasteiger charge is 2.55. The van der Waals surface area contributed by atoms with Gasteiger partial charge in [0.05, 0.1) is 17.4 Å². The van der Waals surface area contributed by atoms with Gasteiger partial charge >= 0.3 is 6.03 Å². The largest absolute Gasteiger partial charge is 0.337 e. The molecule has 1 saturated carbocycles. The summed E-state index contributed by atoms with van der Waals surface area (Å²) in [6.07, 6.45) is 3.37. The van der Waals surface area contributed by atoms with E-state index < -0.39 is 17.5 Å². The minimum Gasteiger partial charge on any atom is -0.337 e. The second-order valence-electron chi connectivity index (χ2n) is 8.22. The molecule has 30 heavy (non-hydrogen) atoms. The molecule has 1 saturated heterocycles. The molecular weight excluding hydrogens is 386 g/mol. The first kappa shape index (κ1) is 20.1. The Hall–Kier alpha value is -3.23. The molecule has 2 atom stereocenters. The molecule has 1 aliphatic heterocycles. The van der Waals surface area contributed by atoms with Crippen LogP contribution in [0.1, 0.15) is 38.4 Å². The monoisotopic (exact) mass is 411 g/mol. The number of amides is 4. The van der Waals surface area contributed by atoms with E-state index in [2.05, 4.69) is 15.3 Å². The van der Waals surface area contributed by atoms with Crippen molar-refractivity contribution < 1.29 is 14.4 Å². The van der Waals surface area contributed by atoms with E-state index in [-0.39, 0.29) is 30.5 Å². The third kappa shape index (κ3) is 3.34. The van der Waals surface area contributed by atoms with Crippen LogP contribution in [0.25, 0.3) is 10.9 Å². The average molecular weight is 411 g/mol. The van der Waals surface area contributed by atoms with E-state index in [1.807, 2.05) is 6.92 Å². The minimum absolute atomic E-state index is 0.0346. The molecule has 0 bridgehead atoms. The maximum absolute atomic E-state index is 13.0. The number of H-pyrrole nitrogens is 1. The Morgan fingerprint density at radius 3 is 2.80 bits per heavy atom. The SMILES string of the molecule is C[C@H]1CCCC[C@]12NC(=O)N(CC(=O)N(C)Cc1nc3ccccc3c(=O)[nH]1)C2=O. The molecule has 9 heteroatoms. The lowest BCUT2D eigenvalue weighted by atomic mass is 9.73. The first-order valence-electron chi connectivity index (χ1n) is 10.2. The number of benzene rings is 1. The van der Waals surface area contributed by atoms with E-state index in [0.29, 0.717) is 23.1 Å². The maximum Gasteiger partial charge on any atom is 0.325 e. The molecule has 1 aliphatic carbocycles. The lowest BCUT2D eigenvalue weighted by molar-refractivity contribution is -0.140. The fraction of sp³-hybridized carbons (Fsp3) is 0.476. The van der Waals surface area contributed by atoms with E-state index in [9.17, 15) is 19.2 Å². The quantitative estimate of drug-likeness (QED) is 0.738. The number of likely N-dealkylation sites (N-methyl/N-ethyl adjacent to an activating group) is 1. The zero-order valence-electron chi connectivity index (χ0n) is 17.1. The Kier molecular flexibility index (Phi) is 5.05. The number of imide groups is 1. The highest BCUT2D eigenvalue weighted by Crippen LogP contribution is 2.38. The number of carbonyl (C=O) groups excluding carboxylic acids is 3. The Balaban J connectivity index is 1.47. The number of hydrogen-bond donors (Lipinski definition) is 2. The summed E-state index contributed by atoms with van der Waals surface area (Å²) in [5.41, 5.74) is -0.627. The molecule has 0 radical (unpaired) electrons. The molecule has 4 rings (SSSR count). The Morgan fingerprint density at radius 1 is 1.27 bits per heavy atom. The van der Waals surface area contributed by atoms with E-state index >= 15 is 0 Å². The van der Waals surface area contributed by atoms with Gasteiger partial charge in [-0.15, -0.1) is 0 Å². The molecule has 2 aliphatic rings. The van der Waals surface area contributed by atoms with Crippen molar-refractivity contribution in [1.29, 1.82) is 0 Å². The summed E-state index contributed by atoms with van der Waals surface area (Å²) >= 11 is 0. The fourth-order valence-electron chi connectivity index (χ4n) is 4.42. The van der Waals surface area contributed by atoms with Crippen LogP contribution in [0.5, 0.6) is 0 Å².